The van der Waals surface area contributed by atoms with E-state index in [1.807, 2.05) is 23.1 Å². The van der Waals surface area contributed by atoms with Crippen LogP contribution in [0, 0.1) is 5.92 Å². The molecule has 1 fully saturated rings. The highest BCUT2D eigenvalue weighted by molar-refractivity contribution is 5.78. The molecule has 21 heavy (non-hydrogen) atoms. The summed E-state index contributed by atoms with van der Waals surface area (Å²) in [6, 6.07) is 10.1. The van der Waals surface area contributed by atoms with E-state index in [2.05, 4.69) is 19.1 Å². The largest absolute Gasteiger partial charge is 0.481 e. The molecule has 1 heterocycles. The molecule has 1 atom stereocenters. The second kappa shape index (κ2) is 7.25. The Hall–Kier alpha value is -1.84. The van der Waals surface area contributed by atoms with Crippen molar-refractivity contribution in [2.75, 3.05) is 13.1 Å². The maximum Gasteiger partial charge on any atom is 0.306 e. The minimum Gasteiger partial charge on any atom is -0.481 e. The fourth-order valence-corrected chi connectivity index (χ4v) is 2.94. The molecular formula is C17H23NO3. The molecule has 0 bridgehead atoms. The van der Waals surface area contributed by atoms with E-state index in [0.717, 1.165) is 6.42 Å². The summed E-state index contributed by atoms with van der Waals surface area (Å²) >= 11 is 0. The lowest BCUT2D eigenvalue weighted by molar-refractivity contribution is -0.145. The highest BCUT2D eigenvalue weighted by atomic mass is 16.4. The van der Waals surface area contributed by atoms with Crippen LogP contribution in [0.15, 0.2) is 30.3 Å². The molecule has 114 valence electrons. The van der Waals surface area contributed by atoms with E-state index < -0.39 is 5.97 Å². The highest BCUT2D eigenvalue weighted by Gasteiger charge is 2.27. The molecule has 2 rings (SSSR count). The van der Waals surface area contributed by atoms with Gasteiger partial charge in [0.25, 0.3) is 0 Å². The van der Waals surface area contributed by atoms with Crippen LogP contribution in [-0.4, -0.2) is 35.0 Å². The highest BCUT2D eigenvalue weighted by Crippen LogP contribution is 2.25. The Morgan fingerprint density at radius 3 is 2.38 bits per heavy atom. The molecule has 0 radical (unpaired) electrons. The van der Waals surface area contributed by atoms with Crippen LogP contribution in [-0.2, 0) is 9.59 Å². The van der Waals surface area contributed by atoms with Gasteiger partial charge in [-0.25, -0.2) is 0 Å². The van der Waals surface area contributed by atoms with Gasteiger partial charge in [-0.2, -0.15) is 0 Å². The lowest BCUT2D eigenvalue weighted by atomic mass is 9.91. The quantitative estimate of drug-likeness (QED) is 0.906. The molecule has 0 saturated carbocycles. The maximum atomic E-state index is 12.4. The monoisotopic (exact) mass is 289 g/mol. The molecule has 1 unspecified atom stereocenters. The Morgan fingerprint density at radius 2 is 1.86 bits per heavy atom. The van der Waals surface area contributed by atoms with Crippen molar-refractivity contribution < 1.29 is 14.7 Å². The first-order valence-corrected chi connectivity index (χ1v) is 7.67. The van der Waals surface area contributed by atoms with Gasteiger partial charge in [0.15, 0.2) is 0 Å². The molecule has 1 aromatic rings. The van der Waals surface area contributed by atoms with E-state index in [0.29, 0.717) is 32.4 Å². The average molecular weight is 289 g/mol. The van der Waals surface area contributed by atoms with Crippen molar-refractivity contribution in [1.29, 1.82) is 0 Å². The van der Waals surface area contributed by atoms with Gasteiger partial charge in [0.2, 0.25) is 5.91 Å². The molecule has 1 aromatic carbocycles. The van der Waals surface area contributed by atoms with E-state index in [4.69, 9.17) is 5.11 Å². The summed E-state index contributed by atoms with van der Waals surface area (Å²) in [6.45, 7) is 3.24. The number of aliphatic carboxylic acids is 1. The fraction of sp³-hybridized carbons (Fsp3) is 0.529. The fourth-order valence-electron chi connectivity index (χ4n) is 2.94. The lowest BCUT2D eigenvalue weighted by Crippen LogP contribution is -2.40. The molecule has 1 aliphatic heterocycles. The summed E-state index contributed by atoms with van der Waals surface area (Å²) < 4.78 is 0. The van der Waals surface area contributed by atoms with Crippen molar-refractivity contribution in [2.45, 2.75) is 38.5 Å². The number of carbonyl (C=O) groups excluding carboxylic acids is 1. The number of carbonyl (C=O) groups is 2. The predicted molar refractivity (Wildman–Crippen MR) is 81.0 cm³/mol. The van der Waals surface area contributed by atoms with Crippen LogP contribution in [0.5, 0.6) is 0 Å². The Morgan fingerprint density at radius 1 is 1.24 bits per heavy atom. The van der Waals surface area contributed by atoms with Gasteiger partial charge in [0.1, 0.15) is 0 Å². The molecular weight excluding hydrogens is 266 g/mol. The summed E-state index contributed by atoms with van der Waals surface area (Å²) in [7, 11) is 0. The van der Waals surface area contributed by atoms with Crippen LogP contribution in [0.4, 0.5) is 0 Å². The average Bonchev–Trinajstić information content (AvgIpc) is 2.53. The first-order valence-electron chi connectivity index (χ1n) is 7.67. The van der Waals surface area contributed by atoms with E-state index in [1.165, 1.54) is 5.56 Å². The van der Waals surface area contributed by atoms with E-state index >= 15 is 0 Å². The van der Waals surface area contributed by atoms with Crippen molar-refractivity contribution in [1.82, 2.24) is 4.90 Å². The van der Waals surface area contributed by atoms with Crippen LogP contribution < -0.4 is 0 Å². The number of rotatable bonds is 5. The number of piperidine rings is 1. The molecule has 1 aliphatic rings. The SMILES string of the molecule is CCC(CC(=O)N1CCC(C(=O)O)CC1)c1ccccc1. The molecule has 0 aliphatic carbocycles. The zero-order chi connectivity index (χ0) is 15.2. The Balaban J connectivity index is 1.91. The van der Waals surface area contributed by atoms with Crippen molar-refractivity contribution in [2.24, 2.45) is 5.92 Å². The Labute approximate surface area is 125 Å². The summed E-state index contributed by atoms with van der Waals surface area (Å²) in [5, 5.41) is 8.99. The number of hydrogen-bond donors (Lipinski definition) is 1. The van der Waals surface area contributed by atoms with Gasteiger partial charge < -0.3 is 10.0 Å². The van der Waals surface area contributed by atoms with Crippen LogP contribution >= 0.6 is 0 Å². The zero-order valence-electron chi connectivity index (χ0n) is 12.5. The third-order valence-electron chi connectivity index (χ3n) is 4.38. The predicted octanol–water partition coefficient (Wildman–Crippen LogP) is 2.89. The molecule has 4 heteroatoms. The second-order valence-corrected chi connectivity index (χ2v) is 5.71. The molecule has 4 nitrogen and oxygen atoms in total. The molecule has 0 aromatic heterocycles. The minimum atomic E-state index is -0.738. The van der Waals surface area contributed by atoms with E-state index in [-0.39, 0.29) is 17.7 Å². The van der Waals surface area contributed by atoms with Crippen LogP contribution in [0.2, 0.25) is 0 Å². The van der Waals surface area contributed by atoms with Gasteiger partial charge in [-0.15, -0.1) is 0 Å². The van der Waals surface area contributed by atoms with Gasteiger partial charge in [0.05, 0.1) is 5.92 Å². The molecule has 1 saturated heterocycles. The summed E-state index contributed by atoms with van der Waals surface area (Å²) in [5.41, 5.74) is 1.20. The maximum absolute atomic E-state index is 12.4. The van der Waals surface area contributed by atoms with Crippen LogP contribution in [0.3, 0.4) is 0 Å². The summed E-state index contributed by atoms with van der Waals surface area (Å²) in [5.74, 6) is -0.631. The summed E-state index contributed by atoms with van der Waals surface area (Å²) in [6.07, 6.45) is 2.59. The Kier molecular flexibility index (Phi) is 5.37. The third kappa shape index (κ3) is 4.06. The van der Waals surface area contributed by atoms with Gasteiger partial charge in [-0.05, 0) is 30.7 Å². The first kappa shape index (κ1) is 15.5. The number of carboxylic acids is 1. The molecule has 1 N–H and O–H groups in total. The number of likely N-dealkylation sites (tertiary alicyclic amines) is 1. The second-order valence-electron chi connectivity index (χ2n) is 5.71. The van der Waals surface area contributed by atoms with Crippen molar-refractivity contribution >= 4 is 11.9 Å². The zero-order valence-corrected chi connectivity index (χ0v) is 12.5. The standard InChI is InChI=1S/C17H23NO3/c1-2-13(14-6-4-3-5-7-14)12-16(19)18-10-8-15(9-11-18)17(20)21/h3-7,13,15H,2,8-12H2,1H3,(H,20,21). The number of nitrogens with zero attached hydrogens (tertiary/aromatic N) is 1. The topological polar surface area (TPSA) is 57.6 Å². The van der Waals surface area contributed by atoms with Gasteiger partial charge in [-0.3, -0.25) is 9.59 Å². The van der Waals surface area contributed by atoms with Gasteiger partial charge in [0, 0.05) is 19.5 Å². The normalized spacial score (nSPS) is 17.5. The van der Waals surface area contributed by atoms with E-state index in [9.17, 15) is 9.59 Å². The molecule has 1 amide bonds. The van der Waals surface area contributed by atoms with E-state index in [1.54, 1.807) is 0 Å². The van der Waals surface area contributed by atoms with Crippen molar-refractivity contribution in [3.8, 4) is 0 Å². The first-order chi connectivity index (χ1) is 10.1. The lowest BCUT2D eigenvalue weighted by Gasteiger charge is -2.31. The van der Waals surface area contributed by atoms with Crippen molar-refractivity contribution in [3.05, 3.63) is 35.9 Å². The van der Waals surface area contributed by atoms with Crippen LogP contribution in [0.25, 0.3) is 0 Å². The number of amides is 1. The summed E-state index contributed by atoms with van der Waals surface area (Å²) in [4.78, 5) is 25.2. The van der Waals surface area contributed by atoms with Crippen LogP contribution in [0.1, 0.15) is 44.1 Å². The molecule has 0 spiro atoms. The number of benzene rings is 1. The van der Waals surface area contributed by atoms with Crippen molar-refractivity contribution in [3.63, 3.8) is 0 Å². The smallest absolute Gasteiger partial charge is 0.306 e. The van der Waals surface area contributed by atoms with Gasteiger partial charge >= 0.3 is 5.97 Å². The minimum absolute atomic E-state index is 0.148. The van der Waals surface area contributed by atoms with Gasteiger partial charge in [-0.1, -0.05) is 37.3 Å². The number of carboxylic acid groups (broad SMARTS) is 1. The third-order valence-corrected chi connectivity index (χ3v) is 4.38. The Bertz CT molecular complexity index is 478. The number of hydrogen-bond acceptors (Lipinski definition) is 2.